The van der Waals surface area contributed by atoms with Crippen molar-refractivity contribution in [3.63, 3.8) is 0 Å². The Kier molecular flexibility index (Phi) is 6.63. The van der Waals surface area contributed by atoms with Gasteiger partial charge in [-0.3, -0.25) is 4.79 Å². The van der Waals surface area contributed by atoms with Crippen molar-refractivity contribution in [1.82, 2.24) is 14.9 Å². The van der Waals surface area contributed by atoms with Crippen LogP contribution < -0.4 is 14.8 Å². The molecule has 7 nitrogen and oxygen atoms in total. The van der Waals surface area contributed by atoms with Gasteiger partial charge in [0.1, 0.15) is 17.2 Å². The Morgan fingerprint density at radius 1 is 1.07 bits per heavy atom. The number of aromatic nitrogens is 2. The lowest BCUT2D eigenvalue weighted by Gasteiger charge is -2.20. The predicted molar refractivity (Wildman–Crippen MR) is 112 cm³/mol. The molecule has 29 heavy (non-hydrogen) atoms. The predicted octanol–water partition coefficient (Wildman–Crippen LogP) is 3.90. The molecule has 0 aliphatic rings. The van der Waals surface area contributed by atoms with Crippen molar-refractivity contribution in [2.45, 2.75) is 13.5 Å². The molecule has 0 radical (unpaired) electrons. The molecule has 0 aliphatic carbocycles. The number of anilines is 2. The molecular formula is C22H24N4O3. The van der Waals surface area contributed by atoms with Crippen molar-refractivity contribution in [3.8, 4) is 11.5 Å². The van der Waals surface area contributed by atoms with Gasteiger partial charge in [0.15, 0.2) is 0 Å². The van der Waals surface area contributed by atoms with E-state index in [4.69, 9.17) is 9.47 Å². The van der Waals surface area contributed by atoms with Gasteiger partial charge < -0.3 is 19.7 Å². The summed E-state index contributed by atoms with van der Waals surface area (Å²) in [5.74, 6) is 1.43. The van der Waals surface area contributed by atoms with E-state index < -0.39 is 0 Å². The summed E-state index contributed by atoms with van der Waals surface area (Å²) in [7, 11) is 3.17. The van der Waals surface area contributed by atoms with E-state index in [0.29, 0.717) is 41.9 Å². The Bertz CT molecular complexity index is 963. The average Bonchev–Trinajstić information content (AvgIpc) is 2.78. The van der Waals surface area contributed by atoms with Crippen molar-refractivity contribution in [1.29, 1.82) is 0 Å². The zero-order valence-corrected chi connectivity index (χ0v) is 16.8. The number of nitrogens with one attached hydrogen (secondary N) is 1. The molecule has 0 atom stereocenters. The molecule has 150 valence electrons. The van der Waals surface area contributed by atoms with Crippen LogP contribution in [-0.4, -0.2) is 41.5 Å². The van der Waals surface area contributed by atoms with Gasteiger partial charge in [0.2, 0.25) is 5.95 Å². The smallest absolute Gasteiger partial charge is 0.272 e. The van der Waals surface area contributed by atoms with E-state index in [1.165, 1.54) is 0 Å². The fourth-order valence-corrected chi connectivity index (χ4v) is 2.85. The molecule has 7 heteroatoms. The Labute approximate surface area is 170 Å². The van der Waals surface area contributed by atoms with Gasteiger partial charge in [-0.25, -0.2) is 9.97 Å². The number of amides is 1. The maximum Gasteiger partial charge on any atom is 0.272 e. The van der Waals surface area contributed by atoms with Crippen LogP contribution in [0.4, 0.5) is 11.6 Å². The van der Waals surface area contributed by atoms with Crippen LogP contribution in [0.15, 0.2) is 60.8 Å². The van der Waals surface area contributed by atoms with Gasteiger partial charge in [-0.05, 0) is 30.7 Å². The highest BCUT2D eigenvalue weighted by Crippen LogP contribution is 2.30. The zero-order chi connectivity index (χ0) is 20.6. The fourth-order valence-electron chi connectivity index (χ4n) is 2.85. The van der Waals surface area contributed by atoms with Crippen molar-refractivity contribution in [2.24, 2.45) is 0 Å². The lowest BCUT2D eigenvalue weighted by Crippen LogP contribution is -2.31. The number of benzene rings is 2. The monoisotopic (exact) mass is 392 g/mol. The molecule has 3 aromatic rings. The van der Waals surface area contributed by atoms with Gasteiger partial charge in [0, 0.05) is 25.4 Å². The van der Waals surface area contributed by atoms with Crippen molar-refractivity contribution >= 4 is 17.5 Å². The van der Waals surface area contributed by atoms with Gasteiger partial charge in [0.05, 0.1) is 19.9 Å². The molecule has 1 aromatic heterocycles. The number of carbonyl (C=O) groups is 1. The molecule has 0 saturated heterocycles. The van der Waals surface area contributed by atoms with Gasteiger partial charge >= 0.3 is 0 Å². The van der Waals surface area contributed by atoms with E-state index >= 15 is 0 Å². The minimum atomic E-state index is -0.150. The van der Waals surface area contributed by atoms with Crippen LogP contribution >= 0.6 is 0 Å². The Hall–Kier alpha value is -3.61. The van der Waals surface area contributed by atoms with E-state index in [0.717, 1.165) is 5.56 Å². The molecule has 2 aromatic carbocycles. The van der Waals surface area contributed by atoms with Crippen LogP contribution in [-0.2, 0) is 6.54 Å². The van der Waals surface area contributed by atoms with E-state index in [1.54, 1.807) is 43.5 Å². The highest BCUT2D eigenvalue weighted by Gasteiger charge is 2.17. The number of carbonyl (C=O) groups excluding carboxylic acids is 1. The molecule has 3 rings (SSSR count). The molecule has 0 saturated carbocycles. The van der Waals surface area contributed by atoms with Crippen LogP contribution in [0.5, 0.6) is 11.5 Å². The van der Waals surface area contributed by atoms with Crippen molar-refractivity contribution in [2.75, 3.05) is 26.1 Å². The summed E-state index contributed by atoms with van der Waals surface area (Å²) in [5, 5.41) is 3.10. The minimum Gasteiger partial charge on any atom is -0.497 e. The highest BCUT2D eigenvalue weighted by atomic mass is 16.5. The second kappa shape index (κ2) is 9.54. The second-order valence-corrected chi connectivity index (χ2v) is 6.26. The quantitative estimate of drug-likeness (QED) is 0.627. The van der Waals surface area contributed by atoms with Crippen LogP contribution in [0.25, 0.3) is 0 Å². The number of nitrogens with zero attached hydrogens (tertiary/aromatic N) is 3. The highest BCUT2D eigenvalue weighted by molar-refractivity contribution is 5.92. The number of ether oxygens (including phenoxy) is 2. The largest absolute Gasteiger partial charge is 0.497 e. The third-order valence-electron chi connectivity index (χ3n) is 4.42. The van der Waals surface area contributed by atoms with E-state index in [1.807, 2.05) is 43.3 Å². The van der Waals surface area contributed by atoms with Crippen LogP contribution in [0, 0.1) is 0 Å². The zero-order valence-electron chi connectivity index (χ0n) is 16.8. The summed E-state index contributed by atoms with van der Waals surface area (Å²) in [6.07, 6.45) is 1.56. The first-order chi connectivity index (χ1) is 14.1. The molecule has 0 unspecified atom stereocenters. The van der Waals surface area contributed by atoms with Crippen LogP contribution in [0.2, 0.25) is 0 Å². The lowest BCUT2D eigenvalue weighted by atomic mass is 10.2. The third kappa shape index (κ3) is 5.01. The maximum absolute atomic E-state index is 13.0. The summed E-state index contributed by atoms with van der Waals surface area (Å²) in [6, 6.07) is 16.9. The lowest BCUT2D eigenvalue weighted by molar-refractivity contribution is 0.0746. The minimum absolute atomic E-state index is 0.150. The molecule has 0 bridgehead atoms. The molecule has 1 N–H and O–H groups in total. The molecular weight excluding hydrogens is 368 g/mol. The van der Waals surface area contributed by atoms with Gasteiger partial charge in [-0.15, -0.1) is 0 Å². The standard InChI is InChI=1S/C22H24N4O3/c1-4-26(15-16-8-6-5-7-9-16)21(27)19-12-13-23-22(25-19)24-18-11-10-17(28-2)14-20(18)29-3/h5-14H,4,15H2,1-3H3,(H,23,24,25). The Morgan fingerprint density at radius 3 is 2.55 bits per heavy atom. The van der Waals surface area contributed by atoms with Crippen molar-refractivity contribution in [3.05, 3.63) is 72.1 Å². The van der Waals surface area contributed by atoms with Crippen LogP contribution in [0.3, 0.4) is 0 Å². The first kappa shape index (κ1) is 20.1. The van der Waals surface area contributed by atoms with E-state index in [9.17, 15) is 4.79 Å². The summed E-state index contributed by atoms with van der Waals surface area (Å²) >= 11 is 0. The first-order valence-corrected chi connectivity index (χ1v) is 9.30. The molecule has 1 heterocycles. The summed E-state index contributed by atoms with van der Waals surface area (Å²) < 4.78 is 10.6. The second-order valence-electron chi connectivity index (χ2n) is 6.26. The number of hydrogen-bond donors (Lipinski definition) is 1. The summed E-state index contributed by atoms with van der Waals surface area (Å²) in [6.45, 7) is 3.05. The topological polar surface area (TPSA) is 76.6 Å². The molecule has 0 aliphatic heterocycles. The Morgan fingerprint density at radius 2 is 1.86 bits per heavy atom. The number of methoxy groups -OCH3 is 2. The van der Waals surface area contributed by atoms with Gasteiger partial charge in [0.25, 0.3) is 5.91 Å². The van der Waals surface area contributed by atoms with Gasteiger partial charge in [-0.2, -0.15) is 0 Å². The molecule has 1 amide bonds. The van der Waals surface area contributed by atoms with Crippen LogP contribution in [0.1, 0.15) is 23.0 Å². The average molecular weight is 392 g/mol. The van der Waals surface area contributed by atoms with Crippen molar-refractivity contribution < 1.29 is 14.3 Å². The number of hydrogen-bond acceptors (Lipinski definition) is 6. The van der Waals surface area contributed by atoms with E-state index in [2.05, 4.69) is 15.3 Å². The first-order valence-electron chi connectivity index (χ1n) is 9.30. The summed E-state index contributed by atoms with van der Waals surface area (Å²) in [4.78, 5) is 23.3. The third-order valence-corrected chi connectivity index (χ3v) is 4.42. The fraction of sp³-hybridized carbons (Fsp3) is 0.227. The molecule has 0 spiro atoms. The van der Waals surface area contributed by atoms with E-state index in [-0.39, 0.29) is 5.91 Å². The number of rotatable bonds is 8. The maximum atomic E-state index is 13.0. The Balaban J connectivity index is 1.79. The summed E-state index contributed by atoms with van der Waals surface area (Å²) in [5.41, 5.74) is 2.07. The molecule has 0 fully saturated rings. The SMILES string of the molecule is CCN(Cc1ccccc1)C(=O)c1ccnc(Nc2ccc(OC)cc2OC)n1. The van der Waals surface area contributed by atoms with Gasteiger partial charge in [-0.1, -0.05) is 30.3 Å². The normalized spacial score (nSPS) is 10.3.